The Morgan fingerprint density at radius 3 is 2.26 bits per heavy atom. The first kappa shape index (κ1) is 17.0. The molecule has 1 unspecified atom stereocenters. The number of halogens is 5. The van der Waals surface area contributed by atoms with Gasteiger partial charge in [-0.1, -0.05) is 58.0 Å². The van der Waals surface area contributed by atoms with Crippen molar-refractivity contribution in [2.24, 2.45) is 0 Å². The number of carbonyl (C=O) groups is 1. The van der Waals surface area contributed by atoms with Crippen LogP contribution in [0.2, 0.25) is 5.02 Å². The second-order valence-corrected chi connectivity index (χ2v) is 6.82. The number of hydrogen-bond acceptors (Lipinski definition) is 1. The summed E-state index contributed by atoms with van der Waals surface area (Å²) < 4.78 is -1.77. The molecule has 1 aromatic carbocycles. The summed E-state index contributed by atoms with van der Waals surface area (Å²) in [5.41, 5.74) is -0.504. The van der Waals surface area contributed by atoms with E-state index in [1.54, 1.807) is 31.2 Å². The van der Waals surface area contributed by atoms with Gasteiger partial charge >= 0.3 is 6.03 Å². The lowest BCUT2D eigenvalue weighted by molar-refractivity contribution is 0.209. The first-order chi connectivity index (χ1) is 8.75. The van der Waals surface area contributed by atoms with E-state index in [0.717, 1.165) is 0 Å². The number of amides is 2. The molecular formula is C11H11Cl5N2O. The van der Waals surface area contributed by atoms with Gasteiger partial charge in [0.05, 0.1) is 0 Å². The van der Waals surface area contributed by atoms with E-state index in [2.05, 4.69) is 5.32 Å². The van der Waals surface area contributed by atoms with Crippen LogP contribution in [-0.2, 0) is 0 Å². The van der Waals surface area contributed by atoms with E-state index in [1.807, 2.05) is 0 Å². The zero-order valence-electron chi connectivity index (χ0n) is 9.84. The van der Waals surface area contributed by atoms with Crippen LogP contribution in [0.25, 0.3) is 0 Å². The molecule has 0 saturated heterocycles. The molecule has 8 heteroatoms. The molecule has 0 aliphatic heterocycles. The number of carbonyl (C=O) groups excluding carboxylic acids is 1. The van der Waals surface area contributed by atoms with Crippen LogP contribution in [0.3, 0.4) is 0 Å². The van der Waals surface area contributed by atoms with Gasteiger partial charge in [-0.3, -0.25) is 0 Å². The van der Waals surface area contributed by atoms with E-state index >= 15 is 0 Å². The highest BCUT2D eigenvalue weighted by atomic mass is 35.6. The number of nitrogens with zero attached hydrogens (tertiary/aromatic N) is 1. The maximum absolute atomic E-state index is 12.0. The Morgan fingerprint density at radius 1 is 1.32 bits per heavy atom. The molecule has 0 saturated carbocycles. The molecule has 0 aromatic heterocycles. The fourth-order valence-electron chi connectivity index (χ4n) is 1.31. The number of alkyl halides is 4. The summed E-state index contributed by atoms with van der Waals surface area (Å²) in [6.45, 7) is 2.02. The van der Waals surface area contributed by atoms with Crippen LogP contribution in [0, 0.1) is 0 Å². The summed E-state index contributed by atoms with van der Waals surface area (Å²) in [6.07, 6.45) is 0. The van der Waals surface area contributed by atoms with Crippen LogP contribution in [-0.4, -0.2) is 26.8 Å². The number of urea groups is 1. The number of anilines is 1. The number of nitrogens with one attached hydrogen (secondary N) is 1. The van der Waals surface area contributed by atoms with E-state index in [4.69, 9.17) is 58.0 Å². The molecule has 1 atom stereocenters. The number of hydrogen-bond donors (Lipinski definition) is 1. The molecule has 0 aliphatic carbocycles. The summed E-state index contributed by atoms with van der Waals surface area (Å²) in [7, 11) is 0. The van der Waals surface area contributed by atoms with Crippen molar-refractivity contribution in [1.82, 2.24) is 4.90 Å². The lowest BCUT2D eigenvalue weighted by Crippen LogP contribution is -2.46. The van der Waals surface area contributed by atoms with Gasteiger partial charge in [0.1, 0.15) is 0 Å². The van der Waals surface area contributed by atoms with Crippen LogP contribution in [0.5, 0.6) is 0 Å². The van der Waals surface area contributed by atoms with Gasteiger partial charge in [0, 0.05) is 17.3 Å². The Kier molecular flexibility index (Phi) is 6.34. The molecule has 1 aromatic rings. The molecule has 0 spiro atoms. The molecule has 1 rings (SSSR count). The molecular weight excluding hydrogens is 353 g/mol. The van der Waals surface area contributed by atoms with E-state index in [0.29, 0.717) is 17.3 Å². The minimum atomic E-state index is -1.77. The van der Waals surface area contributed by atoms with Crippen molar-refractivity contribution in [2.75, 3.05) is 11.9 Å². The van der Waals surface area contributed by atoms with Gasteiger partial charge in [-0.25, -0.2) is 4.79 Å². The highest BCUT2D eigenvalue weighted by molar-refractivity contribution is 6.70. The van der Waals surface area contributed by atoms with Gasteiger partial charge in [-0.05, 0) is 31.2 Å². The highest BCUT2D eigenvalue weighted by Gasteiger charge is 2.37. The zero-order valence-corrected chi connectivity index (χ0v) is 13.6. The van der Waals surface area contributed by atoms with E-state index in [1.165, 1.54) is 4.90 Å². The summed E-state index contributed by atoms with van der Waals surface area (Å²) >= 11 is 28.8. The maximum atomic E-state index is 12.0. The van der Waals surface area contributed by atoms with Gasteiger partial charge in [0.2, 0.25) is 3.79 Å². The molecule has 3 nitrogen and oxygen atoms in total. The SMILES string of the molecule is CCN(C(=O)Nc1ccc(Cl)cc1)C(Cl)C(Cl)(Cl)Cl. The first-order valence-electron chi connectivity index (χ1n) is 5.29. The summed E-state index contributed by atoms with van der Waals surface area (Å²) in [4.78, 5) is 13.2. The second-order valence-electron chi connectivity index (χ2n) is 3.60. The molecule has 0 aliphatic rings. The average Bonchev–Trinajstić information content (AvgIpc) is 2.31. The Balaban J connectivity index is 2.77. The largest absolute Gasteiger partial charge is 0.323 e. The maximum Gasteiger partial charge on any atom is 0.323 e. The van der Waals surface area contributed by atoms with Crippen molar-refractivity contribution in [3.05, 3.63) is 29.3 Å². The van der Waals surface area contributed by atoms with Gasteiger partial charge in [0.25, 0.3) is 0 Å². The van der Waals surface area contributed by atoms with Crippen molar-refractivity contribution in [1.29, 1.82) is 0 Å². The topological polar surface area (TPSA) is 32.3 Å². The molecule has 106 valence electrons. The van der Waals surface area contributed by atoms with Crippen LogP contribution >= 0.6 is 58.0 Å². The Morgan fingerprint density at radius 2 is 1.84 bits per heavy atom. The van der Waals surface area contributed by atoms with Gasteiger partial charge < -0.3 is 10.2 Å². The van der Waals surface area contributed by atoms with Crippen LogP contribution < -0.4 is 5.32 Å². The second kappa shape index (κ2) is 7.09. The quantitative estimate of drug-likeness (QED) is 0.585. The minimum absolute atomic E-state index is 0.293. The lowest BCUT2D eigenvalue weighted by Gasteiger charge is -2.30. The van der Waals surface area contributed by atoms with E-state index < -0.39 is 15.3 Å². The molecule has 1 N–H and O–H groups in total. The normalized spacial score (nSPS) is 12.9. The summed E-state index contributed by atoms with van der Waals surface area (Å²) in [5, 5.41) is 3.21. The third kappa shape index (κ3) is 5.09. The predicted octanol–water partition coefficient (Wildman–Crippen LogP) is 5.13. The van der Waals surface area contributed by atoms with E-state index in [-0.39, 0.29) is 0 Å². The van der Waals surface area contributed by atoms with Crippen molar-refractivity contribution >= 4 is 69.7 Å². The third-order valence-corrected chi connectivity index (χ3v) is 4.01. The smallest absolute Gasteiger partial charge is 0.308 e. The van der Waals surface area contributed by atoms with Crippen LogP contribution in [0.1, 0.15) is 6.92 Å². The zero-order chi connectivity index (χ0) is 14.6. The van der Waals surface area contributed by atoms with Crippen molar-refractivity contribution in [2.45, 2.75) is 16.2 Å². The van der Waals surface area contributed by atoms with Gasteiger partial charge in [-0.15, -0.1) is 0 Å². The third-order valence-electron chi connectivity index (χ3n) is 2.24. The summed E-state index contributed by atoms with van der Waals surface area (Å²) in [5.74, 6) is 0. The minimum Gasteiger partial charge on any atom is -0.308 e. The van der Waals surface area contributed by atoms with Crippen LogP contribution in [0.15, 0.2) is 24.3 Å². The number of benzene rings is 1. The molecule has 0 heterocycles. The van der Waals surface area contributed by atoms with Crippen molar-refractivity contribution in [3.8, 4) is 0 Å². The molecule has 0 bridgehead atoms. The van der Waals surface area contributed by atoms with Gasteiger partial charge in [0.15, 0.2) is 5.50 Å². The average molecular weight is 364 g/mol. The molecule has 2 amide bonds. The molecule has 0 radical (unpaired) electrons. The van der Waals surface area contributed by atoms with Crippen molar-refractivity contribution in [3.63, 3.8) is 0 Å². The molecule has 19 heavy (non-hydrogen) atoms. The lowest BCUT2D eigenvalue weighted by atomic mass is 10.3. The first-order valence-corrected chi connectivity index (χ1v) is 7.24. The fourth-order valence-corrected chi connectivity index (χ4v) is 2.02. The van der Waals surface area contributed by atoms with Gasteiger partial charge in [-0.2, -0.15) is 0 Å². The summed E-state index contributed by atoms with van der Waals surface area (Å²) in [6, 6.07) is 6.16. The van der Waals surface area contributed by atoms with Crippen LogP contribution in [0.4, 0.5) is 10.5 Å². The Hall–Kier alpha value is -0.0600. The monoisotopic (exact) mass is 362 g/mol. The van der Waals surface area contributed by atoms with E-state index in [9.17, 15) is 4.79 Å². The highest BCUT2D eigenvalue weighted by Crippen LogP contribution is 2.35. The standard InChI is InChI=1S/C11H11Cl5N2O/c1-2-18(9(13)11(14,15)16)10(19)17-8-5-3-7(12)4-6-8/h3-6,9H,2H2,1H3,(H,17,19). The fraction of sp³-hybridized carbons (Fsp3) is 0.364. The molecule has 0 fully saturated rings. The Bertz CT molecular complexity index is 432. The number of rotatable bonds is 3. The predicted molar refractivity (Wildman–Crippen MR) is 82.8 cm³/mol. The Labute approximate surface area is 136 Å². The van der Waals surface area contributed by atoms with Crippen molar-refractivity contribution < 1.29 is 4.79 Å².